The summed E-state index contributed by atoms with van der Waals surface area (Å²) in [6, 6.07) is 8.45. The number of benzene rings is 1. The molecule has 1 unspecified atom stereocenters. The number of hydrogen-bond acceptors (Lipinski definition) is 6. The van der Waals surface area contributed by atoms with Gasteiger partial charge in [-0.2, -0.15) is 0 Å². The third kappa shape index (κ3) is 3.90. The van der Waals surface area contributed by atoms with Gasteiger partial charge in [0, 0.05) is 60.6 Å². The van der Waals surface area contributed by atoms with E-state index in [4.69, 9.17) is 9.47 Å². The van der Waals surface area contributed by atoms with E-state index in [0.717, 1.165) is 47.4 Å². The van der Waals surface area contributed by atoms with Gasteiger partial charge in [0.2, 0.25) is 0 Å². The van der Waals surface area contributed by atoms with Crippen LogP contribution in [0, 0.1) is 0 Å². The lowest BCUT2D eigenvalue weighted by atomic mass is 10.1. The minimum Gasteiger partial charge on any atom is -0.493 e. The molecule has 29 heavy (non-hydrogen) atoms. The molecule has 7 heteroatoms. The highest BCUT2D eigenvalue weighted by Crippen LogP contribution is 2.37. The standard InChI is InChI=1S/C22H27N3O3S/c1-14-11-25(8-7-23-14)12-16-10-17-21(29-16)18(13-24(2)22(17)26)15-5-6-19(27-3)20(9-15)28-4/h5-6,9-10,13-14,23H,7-8,11-12H2,1-4H3. The van der Waals surface area contributed by atoms with Crippen molar-refractivity contribution in [2.45, 2.75) is 19.5 Å². The number of fused-ring (bicyclic) bond motifs is 1. The second-order valence-corrected chi connectivity index (χ2v) is 8.71. The molecule has 1 aliphatic heterocycles. The second-order valence-electron chi connectivity index (χ2n) is 7.57. The highest BCUT2D eigenvalue weighted by atomic mass is 32.1. The molecule has 2 aromatic heterocycles. The summed E-state index contributed by atoms with van der Waals surface area (Å²) in [4.78, 5) is 16.5. The zero-order valence-electron chi connectivity index (χ0n) is 17.3. The number of ether oxygens (including phenoxy) is 2. The Morgan fingerprint density at radius 3 is 2.72 bits per heavy atom. The molecular weight excluding hydrogens is 386 g/mol. The number of rotatable bonds is 5. The topological polar surface area (TPSA) is 55.7 Å². The zero-order chi connectivity index (χ0) is 20.5. The van der Waals surface area contributed by atoms with E-state index < -0.39 is 0 Å². The molecule has 1 saturated heterocycles. The number of thiophene rings is 1. The van der Waals surface area contributed by atoms with Gasteiger partial charge in [0.25, 0.3) is 5.56 Å². The van der Waals surface area contributed by atoms with Crippen LogP contribution in [0.2, 0.25) is 0 Å². The SMILES string of the molecule is COc1ccc(-c2cn(C)c(=O)c3cc(CN4CCNC(C)C4)sc23)cc1OC. The summed E-state index contributed by atoms with van der Waals surface area (Å²) in [7, 11) is 5.07. The number of pyridine rings is 1. The highest BCUT2D eigenvalue weighted by molar-refractivity contribution is 7.19. The van der Waals surface area contributed by atoms with Gasteiger partial charge < -0.3 is 19.4 Å². The number of hydrogen-bond donors (Lipinski definition) is 1. The Hall–Kier alpha value is -2.35. The third-order valence-corrected chi connectivity index (χ3v) is 6.58. The number of aryl methyl sites for hydroxylation is 1. The Bertz CT molecular complexity index is 1090. The van der Waals surface area contributed by atoms with Gasteiger partial charge in [-0.25, -0.2) is 0 Å². The van der Waals surface area contributed by atoms with Crippen LogP contribution in [0.3, 0.4) is 0 Å². The van der Waals surface area contributed by atoms with Gasteiger partial charge in [-0.15, -0.1) is 11.3 Å². The van der Waals surface area contributed by atoms with Crippen LogP contribution in [0.15, 0.2) is 35.3 Å². The van der Waals surface area contributed by atoms with Crippen molar-refractivity contribution in [2.75, 3.05) is 33.9 Å². The molecule has 0 saturated carbocycles. The van der Waals surface area contributed by atoms with Crippen LogP contribution in [0.1, 0.15) is 11.8 Å². The molecule has 6 nitrogen and oxygen atoms in total. The lowest BCUT2D eigenvalue weighted by Gasteiger charge is -2.31. The largest absolute Gasteiger partial charge is 0.493 e. The van der Waals surface area contributed by atoms with Gasteiger partial charge in [0.1, 0.15) is 0 Å². The van der Waals surface area contributed by atoms with E-state index in [1.165, 1.54) is 4.88 Å². The smallest absolute Gasteiger partial charge is 0.259 e. The molecular formula is C22H27N3O3S. The van der Waals surface area contributed by atoms with E-state index in [1.54, 1.807) is 37.2 Å². The Balaban J connectivity index is 1.78. The molecule has 1 atom stereocenters. The predicted molar refractivity (Wildman–Crippen MR) is 118 cm³/mol. The van der Waals surface area contributed by atoms with Crippen molar-refractivity contribution < 1.29 is 9.47 Å². The summed E-state index contributed by atoms with van der Waals surface area (Å²) >= 11 is 1.71. The normalized spacial score (nSPS) is 17.6. The number of nitrogens with one attached hydrogen (secondary N) is 1. The summed E-state index contributed by atoms with van der Waals surface area (Å²) in [6.45, 7) is 6.14. The molecule has 1 N–H and O–H groups in total. The van der Waals surface area contributed by atoms with E-state index in [9.17, 15) is 4.79 Å². The van der Waals surface area contributed by atoms with E-state index in [0.29, 0.717) is 17.5 Å². The number of aromatic nitrogens is 1. The molecule has 4 rings (SSSR count). The van der Waals surface area contributed by atoms with Crippen LogP contribution in [-0.2, 0) is 13.6 Å². The van der Waals surface area contributed by atoms with Gasteiger partial charge in [-0.05, 0) is 30.7 Å². The quantitative estimate of drug-likeness (QED) is 0.697. The molecule has 3 aromatic rings. The van der Waals surface area contributed by atoms with Gasteiger partial charge >= 0.3 is 0 Å². The molecule has 3 heterocycles. The zero-order valence-corrected chi connectivity index (χ0v) is 18.1. The molecule has 154 valence electrons. The van der Waals surface area contributed by atoms with Crippen LogP contribution < -0.4 is 20.3 Å². The predicted octanol–water partition coefficient (Wildman–Crippen LogP) is 3.08. The van der Waals surface area contributed by atoms with Crippen molar-refractivity contribution in [3.63, 3.8) is 0 Å². The van der Waals surface area contributed by atoms with Crippen molar-refractivity contribution >= 4 is 21.4 Å². The van der Waals surface area contributed by atoms with Crippen LogP contribution in [0.5, 0.6) is 11.5 Å². The molecule has 0 spiro atoms. The van der Waals surface area contributed by atoms with Crippen molar-refractivity contribution in [1.29, 1.82) is 0 Å². The van der Waals surface area contributed by atoms with Gasteiger partial charge in [0.15, 0.2) is 11.5 Å². The van der Waals surface area contributed by atoms with Crippen LogP contribution in [0.25, 0.3) is 21.2 Å². The molecule has 1 aliphatic rings. The fraction of sp³-hybridized carbons (Fsp3) is 0.409. The van der Waals surface area contributed by atoms with E-state index >= 15 is 0 Å². The first kappa shape index (κ1) is 19.9. The van der Waals surface area contributed by atoms with Gasteiger partial charge in [-0.3, -0.25) is 9.69 Å². The molecule has 1 aromatic carbocycles. The van der Waals surface area contributed by atoms with Crippen LogP contribution in [-0.4, -0.2) is 49.4 Å². The maximum atomic E-state index is 12.8. The maximum absolute atomic E-state index is 12.8. The van der Waals surface area contributed by atoms with E-state index in [2.05, 4.69) is 23.2 Å². The minimum absolute atomic E-state index is 0.0420. The monoisotopic (exact) mass is 413 g/mol. The number of piperazine rings is 1. The summed E-state index contributed by atoms with van der Waals surface area (Å²) in [5.74, 6) is 1.37. The highest BCUT2D eigenvalue weighted by Gasteiger charge is 2.19. The van der Waals surface area contributed by atoms with Crippen molar-refractivity contribution in [1.82, 2.24) is 14.8 Å². The van der Waals surface area contributed by atoms with Gasteiger partial charge in [0.05, 0.1) is 19.6 Å². The fourth-order valence-electron chi connectivity index (χ4n) is 3.97. The average molecular weight is 414 g/mol. The lowest BCUT2D eigenvalue weighted by Crippen LogP contribution is -2.48. The average Bonchev–Trinajstić information content (AvgIpc) is 3.14. The first-order valence-electron chi connectivity index (χ1n) is 9.80. The fourth-order valence-corrected chi connectivity index (χ4v) is 5.19. The minimum atomic E-state index is 0.0420. The first-order valence-corrected chi connectivity index (χ1v) is 10.6. The first-order chi connectivity index (χ1) is 14.0. The van der Waals surface area contributed by atoms with Crippen molar-refractivity contribution in [2.24, 2.45) is 7.05 Å². The Labute approximate surface area is 174 Å². The number of methoxy groups -OCH3 is 2. The van der Waals surface area contributed by atoms with E-state index in [1.807, 2.05) is 24.4 Å². The molecule has 0 aliphatic carbocycles. The third-order valence-electron chi connectivity index (χ3n) is 5.43. The van der Waals surface area contributed by atoms with Crippen molar-refractivity contribution in [3.05, 3.63) is 45.7 Å². The molecule has 0 bridgehead atoms. The van der Waals surface area contributed by atoms with Crippen LogP contribution in [0.4, 0.5) is 0 Å². The lowest BCUT2D eigenvalue weighted by molar-refractivity contribution is 0.201. The van der Waals surface area contributed by atoms with E-state index in [-0.39, 0.29) is 5.56 Å². The summed E-state index contributed by atoms with van der Waals surface area (Å²) in [5, 5.41) is 4.26. The Morgan fingerprint density at radius 1 is 1.21 bits per heavy atom. The summed E-state index contributed by atoms with van der Waals surface area (Å²) in [6.07, 6.45) is 1.92. The molecule has 1 fully saturated rings. The van der Waals surface area contributed by atoms with Crippen LogP contribution >= 0.6 is 11.3 Å². The molecule has 0 amide bonds. The maximum Gasteiger partial charge on any atom is 0.259 e. The Kier molecular flexibility index (Phi) is 5.63. The summed E-state index contributed by atoms with van der Waals surface area (Å²) < 4.78 is 13.5. The molecule has 0 radical (unpaired) electrons. The summed E-state index contributed by atoms with van der Waals surface area (Å²) in [5.41, 5.74) is 2.08. The van der Waals surface area contributed by atoms with Crippen molar-refractivity contribution in [3.8, 4) is 22.6 Å². The Morgan fingerprint density at radius 2 is 2.00 bits per heavy atom. The van der Waals surface area contributed by atoms with Gasteiger partial charge in [-0.1, -0.05) is 6.07 Å². The number of nitrogens with zero attached hydrogens (tertiary/aromatic N) is 2. The second kappa shape index (κ2) is 8.18.